The van der Waals surface area contributed by atoms with Gasteiger partial charge in [-0.15, -0.1) is 0 Å². The molecule has 0 amide bonds. The van der Waals surface area contributed by atoms with E-state index >= 15 is 0 Å². The van der Waals surface area contributed by atoms with Crippen molar-refractivity contribution in [2.45, 2.75) is 32.4 Å². The van der Waals surface area contributed by atoms with Crippen LogP contribution in [0, 0.1) is 5.92 Å². The average molecular weight is 310 g/mol. The van der Waals surface area contributed by atoms with Crippen molar-refractivity contribution in [1.82, 2.24) is 14.9 Å². The summed E-state index contributed by atoms with van der Waals surface area (Å²) in [5, 5.41) is 3.27. The number of fused-ring (bicyclic) bond motifs is 1. The normalized spacial score (nSPS) is 17.7. The highest BCUT2D eigenvalue weighted by Gasteiger charge is 2.23. The molecule has 0 radical (unpaired) electrons. The number of H-pyrrole nitrogens is 1. The fraction of sp³-hybridized carbons (Fsp3) is 0.444. The minimum atomic E-state index is 0.00561. The molecular weight excluding hydrogens is 288 g/mol. The second-order valence-corrected chi connectivity index (χ2v) is 6.61. The molecule has 1 aromatic carbocycles. The van der Waals surface area contributed by atoms with Crippen molar-refractivity contribution >= 4 is 5.95 Å². The van der Waals surface area contributed by atoms with Crippen molar-refractivity contribution in [1.29, 1.82) is 0 Å². The summed E-state index contributed by atoms with van der Waals surface area (Å²) in [5.74, 6) is 1.40. The lowest BCUT2D eigenvalue weighted by Crippen LogP contribution is -2.35. The van der Waals surface area contributed by atoms with Gasteiger partial charge < -0.3 is 5.32 Å². The minimum absolute atomic E-state index is 0.00561. The van der Waals surface area contributed by atoms with Crippen molar-refractivity contribution in [2.24, 2.45) is 5.92 Å². The Morgan fingerprint density at radius 3 is 2.87 bits per heavy atom. The zero-order valence-corrected chi connectivity index (χ0v) is 13.2. The maximum atomic E-state index is 12.4. The number of aromatic nitrogens is 2. The Hall–Kier alpha value is -2.14. The molecule has 1 fully saturated rings. The van der Waals surface area contributed by atoms with Crippen molar-refractivity contribution in [3.8, 4) is 0 Å². The molecular formula is C18H22N4O. The van der Waals surface area contributed by atoms with E-state index in [0.29, 0.717) is 12.5 Å². The number of anilines is 1. The van der Waals surface area contributed by atoms with Gasteiger partial charge >= 0.3 is 0 Å². The maximum Gasteiger partial charge on any atom is 0.257 e. The molecule has 1 aromatic heterocycles. The molecule has 0 unspecified atom stereocenters. The van der Waals surface area contributed by atoms with Crippen LogP contribution in [0.2, 0.25) is 0 Å². The van der Waals surface area contributed by atoms with E-state index in [4.69, 9.17) is 0 Å². The number of aromatic amines is 1. The van der Waals surface area contributed by atoms with Crippen LogP contribution in [0.3, 0.4) is 0 Å². The number of nitrogens with one attached hydrogen (secondary N) is 2. The largest absolute Gasteiger partial charge is 0.355 e. The topological polar surface area (TPSA) is 61.0 Å². The molecule has 0 spiro atoms. The van der Waals surface area contributed by atoms with E-state index in [0.717, 1.165) is 43.2 Å². The van der Waals surface area contributed by atoms with Gasteiger partial charge in [0.15, 0.2) is 0 Å². The van der Waals surface area contributed by atoms with E-state index in [1.54, 1.807) is 0 Å². The van der Waals surface area contributed by atoms with Crippen LogP contribution in [0.25, 0.3) is 0 Å². The zero-order valence-electron chi connectivity index (χ0n) is 13.2. The molecule has 2 heterocycles. The molecule has 1 saturated carbocycles. The van der Waals surface area contributed by atoms with Crippen LogP contribution in [-0.4, -0.2) is 28.0 Å². The lowest BCUT2D eigenvalue weighted by molar-refractivity contribution is 0.242. The van der Waals surface area contributed by atoms with E-state index in [2.05, 4.69) is 44.5 Å². The molecule has 5 heteroatoms. The Balaban J connectivity index is 1.47. The predicted octanol–water partition coefficient (Wildman–Crippen LogP) is 2.15. The maximum absolute atomic E-state index is 12.4. The van der Waals surface area contributed by atoms with Crippen LogP contribution in [0.15, 0.2) is 35.1 Å². The van der Waals surface area contributed by atoms with Gasteiger partial charge in [0.1, 0.15) is 0 Å². The first kappa shape index (κ1) is 14.5. The molecule has 2 N–H and O–H groups in total. The molecule has 5 nitrogen and oxygen atoms in total. The third-order valence-electron chi connectivity index (χ3n) is 4.65. The second kappa shape index (κ2) is 6.16. The second-order valence-electron chi connectivity index (χ2n) is 6.61. The van der Waals surface area contributed by atoms with E-state index in [9.17, 15) is 4.79 Å². The monoisotopic (exact) mass is 310 g/mol. The van der Waals surface area contributed by atoms with Gasteiger partial charge in [0, 0.05) is 32.6 Å². The van der Waals surface area contributed by atoms with E-state index < -0.39 is 0 Å². The Morgan fingerprint density at radius 2 is 2.09 bits per heavy atom. The summed E-state index contributed by atoms with van der Waals surface area (Å²) >= 11 is 0. The summed E-state index contributed by atoms with van der Waals surface area (Å²) in [6, 6.07) is 10.4. The summed E-state index contributed by atoms with van der Waals surface area (Å²) in [4.78, 5) is 22.2. The average Bonchev–Trinajstić information content (AvgIpc) is 3.39. The number of nitrogens with zero attached hydrogens (tertiary/aromatic N) is 2. The number of rotatable bonds is 5. The van der Waals surface area contributed by atoms with Crippen LogP contribution < -0.4 is 10.9 Å². The fourth-order valence-corrected chi connectivity index (χ4v) is 3.10. The van der Waals surface area contributed by atoms with Crippen LogP contribution in [-0.2, 0) is 19.5 Å². The molecule has 2 aromatic rings. The van der Waals surface area contributed by atoms with Gasteiger partial charge in [0.25, 0.3) is 5.56 Å². The van der Waals surface area contributed by atoms with Crippen molar-refractivity contribution in [2.75, 3.05) is 18.4 Å². The van der Waals surface area contributed by atoms with E-state index in [-0.39, 0.29) is 5.56 Å². The highest BCUT2D eigenvalue weighted by atomic mass is 16.1. The predicted molar refractivity (Wildman–Crippen MR) is 90.3 cm³/mol. The molecule has 2 aliphatic rings. The van der Waals surface area contributed by atoms with Gasteiger partial charge in [-0.2, -0.15) is 0 Å². The number of hydrogen-bond acceptors (Lipinski definition) is 4. The summed E-state index contributed by atoms with van der Waals surface area (Å²) in [5.41, 5.74) is 3.06. The SMILES string of the molecule is O=c1[nH]c(NCC2CC2)nc2c1CN(Cc1ccccc1)CC2. The minimum Gasteiger partial charge on any atom is -0.355 e. The van der Waals surface area contributed by atoms with Crippen molar-refractivity contribution in [3.05, 3.63) is 57.5 Å². The molecule has 1 aliphatic heterocycles. The first-order valence-corrected chi connectivity index (χ1v) is 8.40. The fourth-order valence-electron chi connectivity index (χ4n) is 3.10. The summed E-state index contributed by atoms with van der Waals surface area (Å²) in [6.07, 6.45) is 3.41. The third kappa shape index (κ3) is 3.45. The standard InChI is InChI=1S/C18H22N4O/c23-17-15-12-22(11-14-4-2-1-3-5-14)9-8-16(15)20-18(21-17)19-10-13-6-7-13/h1-5,13H,6-12H2,(H2,19,20,21,23). The van der Waals surface area contributed by atoms with Gasteiger partial charge in [-0.05, 0) is 24.3 Å². The van der Waals surface area contributed by atoms with Gasteiger partial charge in [0.2, 0.25) is 5.95 Å². The summed E-state index contributed by atoms with van der Waals surface area (Å²) in [7, 11) is 0. The smallest absolute Gasteiger partial charge is 0.257 e. The Labute approximate surface area is 135 Å². The van der Waals surface area contributed by atoms with Crippen LogP contribution >= 0.6 is 0 Å². The van der Waals surface area contributed by atoms with Gasteiger partial charge in [-0.3, -0.25) is 14.7 Å². The van der Waals surface area contributed by atoms with Crippen molar-refractivity contribution in [3.63, 3.8) is 0 Å². The summed E-state index contributed by atoms with van der Waals surface area (Å²) < 4.78 is 0. The molecule has 23 heavy (non-hydrogen) atoms. The molecule has 0 saturated heterocycles. The molecule has 4 rings (SSSR count). The third-order valence-corrected chi connectivity index (χ3v) is 4.65. The lowest BCUT2D eigenvalue weighted by atomic mass is 10.1. The number of hydrogen-bond donors (Lipinski definition) is 2. The van der Waals surface area contributed by atoms with Gasteiger partial charge in [-0.25, -0.2) is 4.98 Å². The lowest BCUT2D eigenvalue weighted by Gasteiger charge is -2.27. The molecule has 1 aliphatic carbocycles. The van der Waals surface area contributed by atoms with Gasteiger partial charge in [-0.1, -0.05) is 30.3 Å². The van der Waals surface area contributed by atoms with Crippen molar-refractivity contribution < 1.29 is 0 Å². The Morgan fingerprint density at radius 1 is 1.26 bits per heavy atom. The highest BCUT2D eigenvalue weighted by Crippen LogP contribution is 2.28. The summed E-state index contributed by atoms with van der Waals surface area (Å²) in [6.45, 7) is 3.42. The molecule has 0 atom stereocenters. The zero-order chi connectivity index (χ0) is 15.6. The van der Waals surface area contributed by atoms with Crippen LogP contribution in [0.1, 0.15) is 29.7 Å². The van der Waals surface area contributed by atoms with Gasteiger partial charge in [0.05, 0.1) is 11.3 Å². The molecule has 120 valence electrons. The number of benzene rings is 1. The Kier molecular flexibility index (Phi) is 3.87. The van der Waals surface area contributed by atoms with E-state index in [1.807, 2.05) is 6.07 Å². The van der Waals surface area contributed by atoms with Crippen LogP contribution in [0.4, 0.5) is 5.95 Å². The highest BCUT2D eigenvalue weighted by molar-refractivity contribution is 5.31. The molecule has 0 bridgehead atoms. The Bertz CT molecular complexity index is 736. The first-order valence-electron chi connectivity index (χ1n) is 8.40. The van der Waals surface area contributed by atoms with E-state index in [1.165, 1.54) is 18.4 Å². The quantitative estimate of drug-likeness (QED) is 0.888. The first-order chi connectivity index (χ1) is 11.3. The van der Waals surface area contributed by atoms with Crippen LogP contribution in [0.5, 0.6) is 0 Å².